The van der Waals surface area contributed by atoms with E-state index in [1.54, 1.807) is 0 Å². The Hall–Kier alpha value is -3.13. The maximum absolute atomic E-state index is 11.6. The summed E-state index contributed by atoms with van der Waals surface area (Å²) < 4.78 is 46.5. The highest BCUT2D eigenvalue weighted by molar-refractivity contribution is 7.90. The summed E-state index contributed by atoms with van der Waals surface area (Å²) in [6.07, 6.45) is 4.41. The summed E-state index contributed by atoms with van der Waals surface area (Å²) in [5.74, 6) is -0.234. The standard InChI is InChI=1S/C13H12N8O4S2/c1-26(22,23)12-15-5-3-7(17-12)9-19-10(21-11(14)20-9)8-4-6-16-13(18-8)27(2,24)25/h3-6H,1-2H3,(H2,14,19,20,21). The number of rotatable bonds is 4. The van der Waals surface area contributed by atoms with Crippen molar-refractivity contribution in [2.75, 3.05) is 18.2 Å². The maximum atomic E-state index is 11.6. The summed E-state index contributed by atoms with van der Waals surface area (Å²) in [6.45, 7) is 0. The molecule has 0 fully saturated rings. The first-order chi connectivity index (χ1) is 12.5. The Kier molecular flexibility index (Phi) is 4.52. The molecular weight excluding hydrogens is 396 g/mol. The van der Waals surface area contributed by atoms with Crippen LogP contribution in [0, 0.1) is 0 Å². The van der Waals surface area contributed by atoms with Gasteiger partial charge in [0.05, 0.1) is 0 Å². The van der Waals surface area contributed by atoms with Crippen molar-refractivity contribution in [1.82, 2.24) is 34.9 Å². The molecule has 0 saturated carbocycles. The molecule has 0 bridgehead atoms. The quantitative estimate of drug-likeness (QED) is 0.529. The molecule has 14 heteroatoms. The minimum absolute atomic E-state index is 0.0238. The smallest absolute Gasteiger partial charge is 0.247 e. The molecule has 3 aromatic heterocycles. The van der Waals surface area contributed by atoms with Gasteiger partial charge in [0.15, 0.2) is 11.6 Å². The predicted molar refractivity (Wildman–Crippen MR) is 92.5 cm³/mol. The van der Waals surface area contributed by atoms with Gasteiger partial charge in [-0.05, 0) is 12.1 Å². The van der Waals surface area contributed by atoms with Crippen molar-refractivity contribution in [1.29, 1.82) is 0 Å². The predicted octanol–water partition coefficient (Wildman–Crippen LogP) is -0.825. The van der Waals surface area contributed by atoms with Gasteiger partial charge in [-0.3, -0.25) is 0 Å². The van der Waals surface area contributed by atoms with Gasteiger partial charge < -0.3 is 5.73 Å². The highest BCUT2D eigenvalue weighted by atomic mass is 32.2. The molecule has 0 aliphatic carbocycles. The summed E-state index contributed by atoms with van der Waals surface area (Å²) in [5, 5.41) is -0.802. The van der Waals surface area contributed by atoms with Gasteiger partial charge in [-0.2, -0.15) is 9.97 Å². The lowest BCUT2D eigenvalue weighted by Gasteiger charge is -2.06. The Morgan fingerprint density at radius 2 is 1.11 bits per heavy atom. The fraction of sp³-hybridized carbons (Fsp3) is 0.154. The minimum Gasteiger partial charge on any atom is -0.368 e. The topological polar surface area (TPSA) is 185 Å². The number of nitrogen functional groups attached to an aromatic ring is 1. The number of aromatic nitrogens is 7. The SMILES string of the molecule is CS(=O)(=O)c1nccc(-c2nc(N)nc(-c3ccnc(S(C)(=O)=O)n3)n2)n1. The molecule has 0 aliphatic heterocycles. The molecule has 27 heavy (non-hydrogen) atoms. The van der Waals surface area contributed by atoms with Crippen molar-refractivity contribution < 1.29 is 16.8 Å². The van der Waals surface area contributed by atoms with Gasteiger partial charge in [-0.25, -0.2) is 41.8 Å². The molecule has 0 saturated heterocycles. The third-order valence-corrected chi connectivity index (χ3v) is 4.76. The Morgan fingerprint density at radius 1 is 0.704 bits per heavy atom. The van der Waals surface area contributed by atoms with Crippen molar-refractivity contribution in [2.24, 2.45) is 0 Å². The van der Waals surface area contributed by atoms with E-state index in [0.717, 1.165) is 12.5 Å². The van der Waals surface area contributed by atoms with Crippen LogP contribution in [-0.4, -0.2) is 64.2 Å². The molecule has 3 heterocycles. The second kappa shape index (κ2) is 6.55. The molecule has 2 N–H and O–H groups in total. The van der Waals surface area contributed by atoms with E-state index < -0.39 is 30.0 Å². The van der Waals surface area contributed by atoms with Gasteiger partial charge in [0.25, 0.3) is 0 Å². The number of hydrogen-bond acceptors (Lipinski definition) is 12. The monoisotopic (exact) mass is 408 g/mol. The first kappa shape index (κ1) is 18.7. The number of nitrogens with zero attached hydrogens (tertiary/aromatic N) is 7. The second-order valence-electron chi connectivity index (χ2n) is 5.33. The zero-order chi connectivity index (χ0) is 19.8. The summed E-state index contributed by atoms with van der Waals surface area (Å²) >= 11 is 0. The van der Waals surface area contributed by atoms with Crippen molar-refractivity contribution >= 4 is 25.6 Å². The molecule has 0 aromatic carbocycles. The molecule has 0 unspecified atom stereocenters. The van der Waals surface area contributed by atoms with Crippen molar-refractivity contribution in [3.8, 4) is 23.0 Å². The van der Waals surface area contributed by atoms with Crippen molar-refractivity contribution in [2.45, 2.75) is 10.3 Å². The summed E-state index contributed by atoms with van der Waals surface area (Å²) in [5.41, 5.74) is 5.89. The van der Waals surface area contributed by atoms with Crippen LogP contribution in [0.4, 0.5) is 5.95 Å². The van der Waals surface area contributed by atoms with Gasteiger partial charge in [0.1, 0.15) is 11.4 Å². The third-order valence-electron chi connectivity index (χ3n) is 3.04. The molecule has 3 aromatic rings. The van der Waals surface area contributed by atoms with Crippen LogP contribution < -0.4 is 5.73 Å². The molecule has 0 aliphatic rings. The highest BCUT2D eigenvalue weighted by Gasteiger charge is 2.17. The van der Waals surface area contributed by atoms with Crippen molar-refractivity contribution in [3.05, 3.63) is 24.5 Å². The first-order valence-corrected chi connectivity index (χ1v) is 10.9. The van der Waals surface area contributed by atoms with Crippen LogP contribution in [0.2, 0.25) is 0 Å². The number of hydrogen-bond donors (Lipinski definition) is 1. The van der Waals surface area contributed by atoms with Crippen molar-refractivity contribution in [3.63, 3.8) is 0 Å². The van der Waals surface area contributed by atoms with Crippen LogP contribution in [0.1, 0.15) is 0 Å². The van der Waals surface area contributed by atoms with Gasteiger partial charge in [-0.1, -0.05) is 0 Å². The lowest BCUT2D eigenvalue weighted by atomic mass is 10.3. The van der Waals surface area contributed by atoms with Crippen LogP contribution in [0.3, 0.4) is 0 Å². The van der Waals surface area contributed by atoms with Crippen LogP contribution in [0.5, 0.6) is 0 Å². The fourth-order valence-corrected chi connectivity index (χ4v) is 2.94. The van der Waals surface area contributed by atoms with Crippen LogP contribution in [0.25, 0.3) is 23.0 Å². The lowest BCUT2D eigenvalue weighted by molar-refractivity contribution is 0.591. The van der Waals surface area contributed by atoms with Gasteiger partial charge >= 0.3 is 0 Å². The van der Waals surface area contributed by atoms with E-state index in [2.05, 4.69) is 34.9 Å². The van der Waals surface area contributed by atoms with E-state index >= 15 is 0 Å². The highest BCUT2D eigenvalue weighted by Crippen LogP contribution is 2.19. The molecule has 12 nitrogen and oxygen atoms in total. The van der Waals surface area contributed by atoms with Crippen LogP contribution in [-0.2, 0) is 19.7 Å². The van der Waals surface area contributed by atoms with Gasteiger partial charge in [0.2, 0.25) is 35.9 Å². The Bertz CT molecular complexity index is 1150. The molecule has 0 spiro atoms. The summed E-state index contributed by atoms with van der Waals surface area (Å²) in [4.78, 5) is 27.2. The average Bonchev–Trinajstić information content (AvgIpc) is 2.60. The molecule has 3 rings (SSSR count). The largest absolute Gasteiger partial charge is 0.368 e. The van der Waals surface area contributed by atoms with Gasteiger partial charge in [-0.15, -0.1) is 0 Å². The van der Waals surface area contributed by atoms with E-state index in [1.165, 1.54) is 24.5 Å². The second-order valence-corrected chi connectivity index (χ2v) is 9.15. The van der Waals surface area contributed by atoms with Crippen LogP contribution in [0.15, 0.2) is 34.8 Å². The van der Waals surface area contributed by atoms with E-state index in [1.807, 2.05) is 0 Å². The fourth-order valence-electron chi connectivity index (χ4n) is 1.91. The third kappa shape index (κ3) is 4.17. The zero-order valence-electron chi connectivity index (χ0n) is 14.0. The van der Waals surface area contributed by atoms with E-state index in [4.69, 9.17) is 5.73 Å². The molecular formula is C13H12N8O4S2. The zero-order valence-corrected chi connectivity index (χ0v) is 15.6. The molecule has 0 atom stereocenters. The maximum Gasteiger partial charge on any atom is 0.247 e. The average molecular weight is 408 g/mol. The van der Waals surface area contributed by atoms with E-state index in [9.17, 15) is 16.8 Å². The lowest BCUT2D eigenvalue weighted by Crippen LogP contribution is -2.08. The van der Waals surface area contributed by atoms with Crippen LogP contribution >= 0.6 is 0 Å². The Morgan fingerprint density at radius 3 is 1.48 bits per heavy atom. The summed E-state index contributed by atoms with van der Waals surface area (Å²) in [7, 11) is -7.28. The molecule has 140 valence electrons. The van der Waals surface area contributed by atoms with E-state index in [-0.39, 0.29) is 29.0 Å². The Labute approximate surface area is 153 Å². The Balaban J connectivity index is 2.14. The molecule has 0 radical (unpaired) electrons. The number of sulfone groups is 2. The van der Waals surface area contributed by atoms with Gasteiger partial charge in [0, 0.05) is 24.9 Å². The van der Waals surface area contributed by atoms with E-state index in [0.29, 0.717) is 0 Å². The normalized spacial score (nSPS) is 12.1. The first-order valence-electron chi connectivity index (χ1n) is 7.12. The number of nitrogens with two attached hydrogens (primary N) is 1. The minimum atomic E-state index is -3.64. The summed E-state index contributed by atoms with van der Waals surface area (Å²) in [6, 6.07) is 2.80. The number of anilines is 1. The molecule has 0 amide bonds.